The lowest BCUT2D eigenvalue weighted by atomic mass is 10.4. The van der Waals surface area contributed by atoms with Crippen LogP contribution in [-0.2, 0) is 6.54 Å². The fourth-order valence-electron chi connectivity index (χ4n) is 1.16. The molecule has 0 bridgehead atoms. The number of aromatic amines is 1. The van der Waals surface area contributed by atoms with E-state index in [4.69, 9.17) is 0 Å². The van der Waals surface area contributed by atoms with Gasteiger partial charge in [0.2, 0.25) is 0 Å². The molecule has 0 fully saturated rings. The maximum absolute atomic E-state index is 11.3. The van der Waals surface area contributed by atoms with E-state index in [-0.39, 0.29) is 0 Å². The van der Waals surface area contributed by atoms with Gasteiger partial charge in [-0.15, -0.1) is 11.3 Å². The van der Waals surface area contributed by atoms with Crippen molar-refractivity contribution in [3.63, 3.8) is 0 Å². The van der Waals surface area contributed by atoms with Crippen LogP contribution in [0.2, 0.25) is 0 Å². The van der Waals surface area contributed by atoms with Crippen molar-refractivity contribution < 1.29 is 0 Å². The highest BCUT2D eigenvalue weighted by atomic mass is 32.1. The predicted octanol–water partition coefficient (Wildman–Crippen LogP) is 0.646. The van der Waals surface area contributed by atoms with Crippen molar-refractivity contribution in [2.45, 2.75) is 6.54 Å². The van der Waals surface area contributed by atoms with Gasteiger partial charge in [-0.2, -0.15) is 0 Å². The van der Waals surface area contributed by atoms with Gasteiger partial charge in [0.15, 0.2) is 0 Å². The van der Waals surface area contributed by atoms with Gasteiger partial charge in [0.1, 0.15) is 0 Å². The molecule has 0 saturated carbocycles. The van der Waals surface area contributed by atoms with Gasteiger partial charge in [0.25, 0.3) is 0 Å². The molecule has 2 rings (SSSR count). The highest BCUT2D eigenvalue weighted by molar-refractivity contribution is 7.09. The van der Waals surface area contributed by atoms with Gasteiger partial charge >= 0.3 is 11.1 Å². The third-order valence-electron chi connectivity index (χ3n) is 1.83. The summed E-state index contributed by atoms with van der Waals surface area (Å²) in [6.45, 7) is 0.459. The molecule has 0 aliphatic carbocycles. The predicted molar refractivity (Wildman–Crippen MR) is 54.7 cm³/mol. The zero-order valence-electron chi connectivity index (χ0n) is 7.27. The van der Waals surface area contributed by atoms with Crippen LogP contribution in [-0.4, -0.2) is 9.55 Å². The Kier molecular flexibility index (Phi) is 2.32. The lowest BCUT2D eigenvalue weighted by Crippen LogP contribution is -2.35. The first-order chi connectivity index (χ1) is 6.77. The molecule has 2 aromatic rings. The van der Waals surface area contributed by atoms with E-state index in [0.29, 0.717) is 6.54 Å². The van der Waals surface area contributed by atoms with Gasteiger partial charge < -0.3 is 9.55 Å². The van der Waals surface area contributed by atoms with Crippen LogP contribution in [0.1, 0.15) is 4.88 Å². The second-order valence-corrected chi connectivity index (χ2v) is 3.83. The molecule has 0 aliphatic heterocycles. The van der Waals surface area contributed by atoms with Crippen LogP contribution in [0.4, 0.5) is 0 Å². The summed E-state index contributed by atoms with van der Waals surface area (Å²) in [7, 11) is 0. The van der Waals surface area contributed by atoms with Crippen molar-refractivity contribution >= 4 is 11.3 Å². The highest BCUT2D eigenvalue weighted by Gasteiger charge is 2.00. The molecule has 0 saturated heterocycles. The van der Waals surface area contributed by atoms with E-state index in [0.717, 1.165) is 4.88 Å². The largest absolute Gasteiger partial charge is 0.323 e. The molecule has 0 atom stereocenters. The Morgan fingerprint density at radius 2 is 2.29 bits per heavy atom. The van der Waals surface area contributed by atoms with E-state index in [2.05, 4.69) is 4.98 Å². The Labute approximate surface area is 83.5 Å². The van der Waals surface area contributed by atoms with Crippen molar-refractivity contribution in [1.29, 1.82) is 0 Å². The number of hydrogen-bond acceptors (Lipinski definition) is 3. The fourth-order valence-corrected chi connectivity index (χ4v) is 1.86. The Balaban J connectivity index is 2.39. The molecule has 5 heteroatoms. The van der Waals surface area contributed by atoms with Gasteiger partial charge in [-0.05, 0) is 11.4 Å². The zero-order valence-corrected chi connectivity index (χ0v) is 8.08. The summed E-state index contributed by atoms with van der Waals surface area (Å²) < 4.78 is 1.39. The van der Waals surface area contributed by atoms with Crippen molar-refractivity contribution in [2.24, 2.45) is 0 Å². The second kappa shape index (κ2) is 3.63. The minimum atomic E-state index is -0.580. The summed E-state index contributed by atoms with van der Waals surface area (Å²) in [5.41, 5.74) is -1.09. The normalized spacial score (nSPS) is 10.3. The average Bonchev–Trinajstić information content (AvgIpc) is 2.66. The number of thiophene rings is 1. The van der Waals surface area contributed by atoms with Gasteiger partial charge in [0, 0.05) is 17.3 Å². The first-order valence-electron chi connectivity index (χ1n) is 4.08. The third-order valence-corrected chi connectivity index (χ3v) is 2.69. The van der Waals surface area contributed by atoms with E-state index in [1.54, 1.807) is 17.5 Å². The monoisotopic (exact) mass is 208 g/mol. The fraction of sp³-hybridized carbons (Fsp3) is 0.111. The summed E-state index contributed by atoms with van der Waals surface area (Å²) in [6.07, 6.45) is 3.04. The maximum atomic E-state index is 11.3. The topological polar surface area (TPSA) is 54.9 Å². The standard InChI is InChI=1S/C9H8N2O2S/c12-8-9(13)11(4-3-10-8)6-7-2-1-5-14-7/h1-5H,6H2,(H,10,12). The average molecular weight is 208 g/mol. The molecule has 0 amide bonds. The Morgan fingerprint density at radius 3 is 3.00 bits per heavy atom. The molecule has 0 spiro atoms. The molecule has 0 radical (unpaired) electrons. The van der Waals surface area contributed by atoms with Crippen LogP contribution in [0.3, 0.4) is 0 Å². The van der Waals surface area contributed by atoms with Gasteiger partial charge in [-0.25, -0.2) is 0 Å². The third kappa shape index (κ3) is 1.67. The number of nitrogens with zero attached hydrogens (tertiary/aromatic N) is 1. The van der Waals surface area contributed by atoms with Crippen molar-refractivity contribution in [3.05, 3.63) is 55.5 Å². The van der Waals surface area contributed by atoms with Crippen LogP contribution < -0.4 is 11.1 Å². The summed E-state index contributed by atoms with van der Waals surface area (Å²) in [5.74, 6) is 0. The number of hydrogen-bond donors (Lipinski definition) is 1. The first kappa shape index (κ1) is 8.96. The molecular weight excluding hydrogens is 200 g/mol. The molecule has 0 aliphatic rings. The summed E-state index contributed by atoms with van der Waals surface area (Å²) >= 11 is 1.56. The van der Waals surface area contributed by atoms with Crippen LogP contribution in [0, 0.1) is 0 Å². The molecule has 1 N–H and O–H groups in total. The van der Waals surface area contributed by atoms with Gasteiger partial charge in [-0.3, -0.25) is 9.59 Å². The van der Waals surface area contributed by atoms with E-state index in [1.807, 2.05) is 17.5 Å². The van der Waals surface area contributed by atoms with Crippen LogP contribution in [0.15, 0.2) is 39.5 Å². The Bertz CT molecular complexity index is 524. The Hall–Kier alpha value is -1.62. The molecule has 14 heavy (non-hydrogen) atoms. The smallest absolute Gasteiger partial charge is 0.316 e. The number of rotatable bonds is 2. The first-order valence-corrected chi connectivity index (χ1v) is 4.96. The van der Waals surface area contributed by atoms with E-state index >= 15 is 0 Å². The molecular formula is C9H8N2O2S. The van der Waals surface area contributed by atoms with Crippen molar-refractivity contribution in [3.8, 4) is 0 Å². The van der Waals surface area contributed by atoms with E-state index in [9.17, 15) is 9.59 Å². The van der Waals surface area contributed by atoms with Gasteiger partial charge in [0.05, 0.1) is 6.54 Å². The summed E-state index contributed by atoms with van der Waals surface area (Å²) in [6, 6.07) is 3.84. The van der Waals surface area contributed by atoms with E-state index in [1.165, 1.54) is 10.8 Å². The maximum Gasteiger partial charge on any atom is 0.316 e. The van der Waals surface area contributed by atoms with Crippen LogP contribution in [0.25, 0.3) is 0 Å². The number of H-pyrrole nitrogens is 1. The van der Waals surface area contributed by atoms with Gasteiger partial charge in [-0.1, -0.05) is 6.07 Å². The zero-order chi connectivity index (χ0) is 9.97. The SMILES string of the molecule is O=c1[nH]ccn(Cc2cccs2)c1=O. The summed E-state index contributed by atoms with van der Waals surface area (Å²) in [5, 5.41) is 1.94. The molecule has 0 unspecified atom stereocenters. The van der Waals surface area contributed by atoms with E-state index < -0.39 is 11.1 Å². The lowest BCUT2D eigenvalue weighted by molar-refractivity contribution is 0.746. The van der Waals surface area contributed by atoms with Crippen molar-refractivity contribution in [2.75, 3.05) is 0 Å². The summed E-state index contributed by atoms with van der Waals surface area (Å²) in [4.78, 5) is 25.7. The molecule has 2 aromatic heterocycles. The minimum Gasteiger partial charge on any atom is -0.323 e. The van der Waals surface area contributed by atoms with Crippen molar-refractivity contribution in [1.82, 2.24) is 9.55 Å². The quantitative estimate of drug-likeness (QED) is 0.736. The molecule has 72 valence electrons. The number of aromatic nitrogens is 2. The minimum absolute atomic E-state index is 0.459. The Morgan fingerprint density at radius 1 is 1.43 bits per heavy atom. The van der Waals surface area contributed by atoms with Crippen LogP contribution >= 0.6 is 11.3 Å². The number of nitrogens with one attached hydrogen (secondary N) is 1. The lowest BCUT2D eigenvalue weighted by Gasteiger charge is -2.00. The molecule has 4 nitrogen and oxygen atoms in total. The highest BCUT2D eigenvalue weighted by Crippen LogP contribution is 2.08. The second-order valence-electron chi connectivity index (χ2n) is 2.80. The molecule has 0 aromatic carbocycles. The van der Waals surface area contributed by atoms with Crippen LogP contribution in [0.5, 0.6) is 0 Å². The molecule has 2 heterocycles.